The van der Waals surface area contributed by atoms with Crippen LogP contribution in [-0.4, -0.2) is 29.5 Å². The zero-order valence-corrected chi connectivity index (χ0v) is 13.1. The Morgan fingerprint density at radius 1 is 1.48 bits per heavy atom. The summed E-state index contributed by atoms with van der Waals surface area (Å²) < 4.78 is 14.8. The highest BCUT2D eigenvalue weighted by molar-refractivity contribution is 9.10. The Morgan fingerprint density at radius 3 is 2.71 bits per heavy atom. The van der Waals surface area contributed by atoms with E-state index in [-0.39, 0.29) is 17.4 Å². The van der Waals surface area contributed by atoms with Crippen molar-refractivity contribution in [3.05, 3.63) is 38.4 Å². The van der Waals surface area contributed by atoms with Crippen molar-refractivity contribution in [3.63, 3.8) is 0 Å². The third-order valence-electron chi connectivity index (χ3n) is 4.88. The molecule has 2 fully saturated rings. The highest BCUT2D eigenvalue weighted by Crippen LogP contribution is 2.48. The molecule has 1 saturated carbocycles. The van der Waals surface area contributed by atoms with Crippen LogP contribution in [-0.2, 0) is 0 Å². The van der Waals surface area contributed by atoms with Crippen LogP contribution >= 0.6 is 15.9 Å². The maximum absolute atomic E-state index is 14.2. The van der Waals surface area contributed by atoms with E-state index in [0.29, 0.717) is 21.9 Å². The van der Waals surface area contributed by atoms with Gasteiger partial charge in [-0.3, -0.25) is 10.1 Å². The molecule has 1 aliphatic carbocycles. The quantitative estimate of drug-likeness (QED) is 0.510. The molecule has 1 aliphatic heterocycles. The van der Waals surface area contributed by atoms with E-state index in [1.54, 1.807) is 6.07 Å². The van der Waals surface area contributed by atoms with E-state index >= 15 is 0 Å². The fourth-order valence-electron chi connectivity index (χ4n) is 4.11. The molecule has 3 rings (SSSR count). The third kappa shape index (κ3) is 2.81. The van der Waals surface area contributed by atoms with Gasteiger partial charge < -0.3 is 5.32 Å². The lowest BCUT2D eigenvalue weighted by molar-refractivity contribution is -0.485. The maximum atomic E-state index is 14.2. The number of nitrogens with one attached hydrogen (secondary N) is 1. The molecule has 1 aromatic heterocycles. The number of hydrogen-bond donors (Lipinski definition) is 1. The van der Waals surface area contributed by atoms with Crippen LogP contribution in [0.15, 0.2) is 16.7 Å². The lowest BCUT2D eigenvalue weighted by atomic mass is 9.74. The SMILES string of the molecule is O=[N+]([O-])CC(c1c(Br)ccnc1F)[C@@H]1[C@@H]2CC[C@H]1CNC2. The molecule has 1 unspecified atom stereocenters. The molecule has 0 radical (unpaired) electrons. The topological polar surface area (TPSA) is 68.1 Å². The Labute approximate surface area is 130 Å². The van der Waals surface area contributed by atoms with Gasteiger partial charge in [0.25, 0.3) is 0 Å². The Bertz CT molecular complexity index is 521. The monoisotopic (exact) mass is 357 g/mol. The van der Waals surface area contributed by atoms with E-state index < -0.39 is 11.9 Å². The first kappa shape index (κ1) is 14.8. The summed E-state index contributed by atoms with van der Waals surface area (Å²) in [6.07, 6.45) is 3.51. The van der Waals surface area contributed by atoms with Crippen LogP contribution in [0.5, 0.6) is 0 Å². The minimum absolute atomic E-state index is 0.159. The second kappa shape index (κ2) is 5.96. The van der Waals surface area contributed by atoms with E-state index in [1.165, 1.54) is 6.20 Å². The second-order valence-corrected chi connectivity index (χ2v) is 6.81. The van der Waals surface area contributed by atoms with Crippen molar-refractivity contribution in [2.75, 3.05) is 19.6 Å². The first-order valence-corrected chi connectivity index (χ1v) is 7.99. The lowest BCUT2D eigenvalue weighted by Gasteiger charge is -2.35. The van der Waals surface area contributed by atoms with Crippen LogP contribution in [0.1, 0.15) is 24.3 Å². The highest BCUT2D eigenvalue weighted by Gasteiger charge is 2.46. The van der Waals surface area contributed by atoms with Crippen LogP contribution in [0, 0.1) is 33.8 Å². The number of piperidine rings is 1. The van der Waals surface area contributed by atoms with Gasteiger partial charge in [-0.1, -0.05) is 15.9 Å². The Morgan fingerprint density at radius 2 is 2.14 bits per heavy atom. The fourth-order valence-corrected chi connectivity index (χ4v) is 4.68. The number of fused-ring (bicyclic) bond motifs is 2. The Hall–Kier alpha value is -1.08. The number of rotatable bonds is 4. The van der Waals surface area contributed by atoms with E-state index in [4.69, 9.17) is 0 Å². The van der Waals surface area contributed by atoms with Gasteiger partial charge in [-0.05, 0) is 49.8 Å². The molecule has 1 aromatic rings. The molecule has 4 atom stereocenters. The standard InChI is InChI=1S/C14H17BrFN3O2/c15-11-3-4-18-14(16)13(11)10(7-19(20)21)12-8-1-2-9(12)6-17-5-8/h3-4,8-10,12,17H,1-2,5-7H2/t8-,9+,10?,12-. The van der Waals surface area contributed by atoms with Crippen molar-refractivity contribution >= 4 is 15.9 Å². The summed E-state index contributed by atoms with van der Waals surface area (Å²) in [4.78, 5) is 14.5. The van der Waals surface area contributed by atoms with Gasteiger partial charge in [-0.2, -0.15) is 4.39 Å². The van der Waals surface area contributed by atoms with Gasteiger partial charge in [0.15, 0.2) is 0 Å². The van der Waals surface area contributed by atoms with Crippen molar-refractivity contribution in [1.29, 1.82) is 0 Å². The van der Waals surface area contributed by atoms with Crippen LogP contribution in [0.25, 0.3) is 0 Å². The van der Waals surface area contributed by atoms with E-state index in [2.05, 4.69) is 26.2 Å². The molecule has 0 aromatic carbocycles. The molecule has 1 N–H and O–H groups in total. The molecular formula is C14H17BrFN3O2. The third-order valence-corrected chi connectivity index (χ3v) is 5.57. The predicted octanol–water partition coefficient (Wildman–Crippen LogP) is 2.59. The fraction of sp³-hybridized carbons (Fsp3) is 0.643. The van der Waals surface area contributed by atoms with Gasteiger partial charge in [0.05, 0.1) is 5.92 Å². The van der Waals surface area contributed by atoms with Gasteiger partial charge in [-0.25, -0.2) is 4.98 Å². The number of hydrogen-bond acceptors (Lipinski definition) is 4. The minimum Gasteiger partial charge on any atom is -0.316 e. The summed E-state index contributed by atoms with van der Waals surface area (Å²) in [5, 5.41) is 14.5. The normalized spacial score (nSPS) is 29.3. The summed E-state index contributed by atoms with van der Waals surface area (Å²) in [5.74, 6) is -0.0658. The average Bonchev–Trinajstić information content (AvgIpc) is 2.66. The molecule has 2 aliphatic rings. The van der Waals surface area contributed by atoms with E-state index in [9.17, 15) is 14.5 Å². The van der Waals surface area contributed by atoms with Crippen LogP contribution in [0.4, 0.5) is 4.39 Å². The second-order valence-electron chi connectivity index (χ2n) is 5.95. The van der Waals surface area contributed by atoms with Gasteiger partial charge in [0.1, 0.15) is 0 Å². The molecule has 0 spiro atoms. The molecule has 2 bridgehead atoms. The first-order valence-electron chi connectivity index (χ1n) is 7.20. The Balaban J connectivity index is 2.00. The van der Waals surface area contributed by atoms with Gasteiger partial charge in [0.2, 0.25) is 12.5 Å². The molecule has 1 saturated heterocycles. The number of pyridine rings is 1. The zero-order chi connectivity index (χ0) is 15.0. The van der Waals surface area contributed by atoms with Crippen LogP contribution < -0.4 is 5.32 Å². The van der Waals surface area contributed by atoms with Crippen molar-refractivity contribution in [3.8, 4) is 0 Å². The van der Waals surface area contributed by atoms with E-state index in [1.807, 2.05) is 0 Å². The number of nitro groups is 1. The smallest absolute Gasteiger partial charge is 0.217 e. The zero-order valence-electron chi connectivity index (χ0n) is 11.5. The molecule has 5 nitrogen and oxygen atoms in total. The van der Waals surface area contributed by atoms with Gasteiger partial charge >= 0.3 is 0 Å². The van der Waals surface area contributed by atoms with Crippen molar-refractivity contribution in [1.82, 2.24) is 10.3 Å². The van der Waals surface area contributed by atoms with E-state index in [0.717, 1.165) is 25.9 Å². The first-order chi connectivity index (χ1) is 10.1. The van der Waals surface area contributed by atoms with Crippen LogP contribution in [0.3, 0.4) is 0 Å². The number of aromatic nitrogens is 1. The molecule has 114 valence electrons. The molecule has 21 heavy (non-hydrogen) atoms. The van der Waals surface area contributed by atoms with Crippen LogP contribution in [0.2, 0.25) is 0 Å². The number of halogens is 2. The molecule has 0 amide bonds. The summed E-state index contributed by atoms with van der Waals surface area (Å²) in [7, 11) is 0. The van der Waals surface area contributed by atoms with Gasteiger partial charge in [-0.15, -0.1) is 0 Å². The summed E-state index contributed by atoms with van der Waals surface area (Å²) in [6.45, 7) is 1.50. The average molecular weight is 358 g/mol. The minimum atomic E-state index is -0.589. The molecular weight excluding hydrogens is 341 g/mol. The molecule has 2 heterocycles. The maximum Gasteiger partial charge on any atom is 0.217 e. The molecule has 7 heteroatoms. The predicted molar refractivity (Wildman–Crippen MR) is 79.1 cm³/mol. The summed E-state index contributed by atoms with van der Waals surface area (Å²) in [6, 6.07) is 1.66. The van der Waals surface area contributed by atoms with Gasteiger partial charge in [0, 0.05) is 21.2 Å². The van der Waals surface area contributed by atoms with Crippen molar-refractivity contribution in [2.45, 2.75) is 18.8 Å². The number of nitrogens with zero attached hydrogens (tertiary/aromatic N) is 2. The lowest BCUT2D eigenvalue weighted by Crippen LogP contribution is -2.42. The summed E-state index contributed by atoms with van der Waals surface area (Å²) >= 11 is 3.35. The van der Waals surface area contributed by atoms with Crippen molar-refractivity contribution < 1.29 is 9.31 Å². The highest BCUT2D eigenvalue weighted by atomic mass is 79.9. The Kier molecular flexibility index (Phi) is 4.21. The van der Waals surface area contributed by atoms with Crippen molar-refractivity contribution in [2.24, 2.45) is 17.8 Å². The summed E-state index contributed by atoms with van der Waals surface area (Å²) in [5.41, 5.74) is 0.373. The largest absolute Gasteiger partial charge is 0.316 e.